The number of carbonyl (C=O) groups excluding carboxylic acids is 1. The van der Waals surface area contributed by atoms with Crippen LogP contribution >= 0.6 is 7.82 Å². The summed E-state index contributed by atoms with van der Waals surface area (Å²) in [5.74, 6) is -0.156. The van der Waals surface area contributed by atoms with Crippen molar-refractivity contribution in [3.63, 3.8) is 0 Å². The topological polar surface area (TPSA) is 105 Å². The third-order valence-corrected chi connectivity index (χ3v) is 10.5. The molecular formula is C41H84N2O6P+. The molecule has 0 aliphatic rings. The first kappa shape index (κ1) is 49.2. The van der Waals surface area contributed by atoms with Crippen LogP contribution in [0.1, 0.15) is 194 Å². The lowest BCUT2D eigenvalue weighted by atomic mass is 10.0. The number of aliphatic hydroxyl groups excluding tert-OH is 1. The molecule has 0 spiro atoms. The molecule has 0 aromatic carbocycles. The Balaban J connectivity index is 4.33. The minimum absolute atomic E-state index is 0.0746. The van der Waals surface area contributed by atoms with Crippen LogP contribution in [0.5, 0.6) is 0 Å². The van der Waals surface area contributed by atoms with E-state index in [1.54, 1.807) is 0 Å². The molecule has 0 radical (unpaired) electrons. The Hall–Kier alpha value is -0.760. The lowest BCUT2D eigenvalue weighted by Crippen LogP contribution is -2.46. The number of phosphoric acid groups is 1. The van der Waals surface area contributed by atoms with E-state index in [4.69, 9.17) is 9.05 Å². The zero-order valence-electron chi connectivity index (χ0n) is 33.7. The van der Waals surface area contributed by atoms with Gasteiger partial charge in [0.05, 0.1) is 39.9 Å². The van der Waals surface area contributed by atoms with Gasteiger partial charge < -0.3 is 19.8 Å². The average molecular weight is 732 g/mol. The summed E-state index contributed by atoms with van der Waals surface area (Å²) in [7, 11) is 1.61. The standard InChI is InChI=1S/C41H83N2O6P/c1-6-8-10-12-14-16-18-19-20-21-22-23-24-25-26-28-30-32-34-40(44)39(38-49-50(46,47)48-37-36-43(3,4)5)42-41(45)35-33-31-29-27-17-15-13-11-9-7-2/h11,13,39-40,44H,6-10,12,14-38H2,1-5H3,(H-,42,45,46,47)/p+1/b13-11-. The molecular weight excluding hydrogens is 647 g/mol. The molecule has 3 N–H and O–H groups in total. The van der Waals surface area contributed by atoms with Crippen molar-refractivity contribution in [1.82, 2.24) is 5.32 Å². The van der Waals surface area contributed by atoms with Gasteiger partial charge >= 0.3 is 7.82 Å². The third kappa shape index (κ3) is 35.6. The lowest BCUT2D eigenvalue weighted by Gasteiger charge is -2.26. The summed E-state index contributed by atoms with van der Waals surface area (Å²) < 4.78 is 23.5. The van der Waals surface area contributed by atoms with Gasteiger partial charge in [0.2, 0.25) is 5.91 Å². The molecule has 0 aromatic rings. The Kier molecular flexibility index (Phi) is 33.5. The molecule has 0 aromatic heterocycles. The van der Waals surface area contributed by atoms with Crippen LogP contribution in [0.15, 0.2) is 12.2 Å². The van der Waals surface area contributed by atoms with Crippen LogP contribution in [0.2, 0.25) is 0 Å². The number of carbonyl (C=O) groups is 1. The van der Waals surface area contributed by atoms with Crippen molar-refractivity contribution < 1.29 is 32.9 Å². The van der Waals surface area contributed by atoms with E-state index >= 15 is 0 Å². The molecule has 0 saturated heterocycles. The minimum atomic E-state index is -4.31. The SMILES string of the molecule is CCC/C=C\CCCCCCCC(=O)NC(COP(=O)(O)OCC[N+](C)(C)C)C(O)CCCCCCCCCCCCCCCCCCCC. The first-order valence-corrected chi connectivity index (χ1v) is 22.5. The van der Waals surface area contributed by atoms with E-state index in [-0.39, 0.29) is 19.1 Å². The summed E-state index contributed by atoms with van der Waals surface area (Å²) >= 11 is 0. The molecule has 3 unspecified atom stereocenters. The van der Waals surface area contributed by atoms with Crippen molar-refractivity contribution in [3.8, 4) is 0 Å². The van der Waals surface area contributed by atoms with E-state index in [1.165, 1.54) is 109 Å². The zero-order valence-corrected chi connectivity index (χ0v) is 34.5. The normalized spacial score (nSPS) is 14.6. The Morgan fingerprint density at radius 2 is 1.12 bits per heavy atom. The van der Waals surface area contributed by atoms with Crippen LogP contribution in [0.25, 0.3) is 0 Å². The second-order valence-corrected chi connectivity index (χ2v) is 17.2. The van der Waals surface area contributed by atoms with Gasteiger partial charge in [0, 0.05) is 6.42 Å². The van der Waals surface area contributed by atoms with Crippen LogP contribution in [0.3, 0.4) is 0 Å². The summed E-state index contributed by atoms with van der Waals surface area (Å²) in [6, 6.07) is -0.759. The van der Waals surface area contributed by atoms with Crippen LogP contribution in [0, 0.1) is 0 Å². The number of aliphatic hydroxyl groups is 1. The Morgan fingerprint density at radius 3 is 1.62 bits per heavy atom. The van der Waals surface area contributed by atoms with Gasteiger partial charge in [-0.05, 0) is 32.1 Å². The monoisotopic (exact) mass is 732 g/mol. The highest BCUT2D eigenvalue weighted by Crippen LogP contribution is 2.43. The molecule has 0 aliphatic heterocycles. The Labute approximate surface area is 310 Å². The largest absolute Gasteiger partial charge is 0.472 e. The summed E-state index contributed by atoms with van der Waals surface area (Å²) in [4.78, 5) is 23.0. The van der Waals surface area contributed by atoms with Gasteiger partial charge in [0.15, 0.2) is 0 Å². The van der Waals surface area contributed by atoms with Gasteiger partial charge in [-0.25, -0.2) is 4.57 Å². The van der Waals surface area contributed by atoms with Crippen molar-refractivity contribution in [1.29, 1.82) is 0 Å². The number of allylic oxidation sites excluding steroid dienone is 2. The summed E-state index contributed by atoms with van der Waals surface area (Å²) in [6.07, 6.45) is 36.7. The van der Waals surface area contributed by atoms with E-state index in [9.17, 15) is 19.4 Å². The van der Waals surface area contributed by atoms with Crippen LogP contribution in [-0.4, -0.2) is 73.4 Å². The van der Waals surface area contributed by atoms with Crippen LogP contribution < -0.4 is 5.32 Å². The average Bonchev–Trinajstić information content (AvgIpc) is 3.06. The highest BCUT2D eigenvalue weighted by molar-refractivity contribution is 7.47. The van der Waals surface area contributed by atoms with Gasteiger partial charge in [-0.3, -0.25) is 13.8 Å². The van der Waals surface area contributed by atoms with Crippen LogP contribution in [-0.2, 0) is 18.4 Å². The van der Waals surface area contributed by atoms with Crippen molar-refractivity contribution in [2.24, 2.45) is 0 Å². The quantitative estimate of drug-likeness (QED) is 0.0253. The van der Waals surface area contributed by atoms with Gasteiger partial charge in [-0.1, -0.05) is 167 Å². The zero-order chi connectivity index (χ0) is 37.2. The number of rotatable bonds is 38. The van der Waals surface area contributed by atoms with E-state index in [0.717, 1.165) is 57.8 Å². The number of unbranched alkanes of at least 4 members (excludes halogenated alkanes) is 23. The maximum absolute atomic E-state index is 12.8. The summed E-state index contributed by atoms with van der Waals surface area (Å²) in [5, 5.41) is 13.9. The van der Waals surface area contributed by atoms with E-state index in [2.05, 4.69) is 31.3 Å². The molecule has 0 bridgehead atoms. The van der Waals surface area contributed by atoms with Crippen molar-refractivity contribution >= 4 is 13.7 Å². The van der Waals surface area contributed by atoms with Gasteiger partial charge in [0.1, 0.15) is 13.2 Å². The molecule has 0 heterocycles. The minimum Gasteiger partial charge on any atom is -0.391 e. The van der Waals surface area contributed by atoms with Crippen molar-refractivity contribution in [2.45, 2.75) is 206 Å². The maximum atomic E-state index is 12.8. The first-order chi connectivity index (χ1) is 24.0. The van der Waals surface area contributed by atoms with Crippen LogP contribution in [0.4, 0.5) is 0 Å². The highest BCUT2D eigenvalue weighted by Gasteiger charge is 2.28. The molecule has 50 heavy (non-hydrogen) atoms. The first-order valence-electron chi connectivity index (χ1n) is 21.1. The van der Waals surface area contributed by atoms with Crippen molar-refractivity contribution in [3.05, 3.63) is 12.2 Å². The van der Waals surface area contributed by atoms with Gasteiger partial charge in [-0.2, -0.15) is 0 Å². The number of nitrogens with one attached hydrogen (secondary N) is 1. The van der Waals surface area contributed by atoms with E-state index < -0.39 is 20.0 Å². The number of hydrogen-bond donors (Lipinski definition) is 3. The summed E-state index contributed by atoms with van der Waals surface area (Å²) in [5.41, 5.74) is 0. The highest BCUT2D eigenvalue weighted by atomic mass is 31.2. The number of likely N-dealkylation sites (N-methyl/N-ethyl adjacent to an activating group) is 1. The number of phosphoric ester groups is 1. The molecule has 1 amide bonds. The number of hydrogen-bond acceptors (Lipinski definition) is 5. The molecule has 0 saturated carbocycles. The molecule has 3 atom stereocenters. The molecule has 8 nitrogen and oxygen atoms in total. The predicted molar refractivity (Wildman–Crippen MR) is 212 cm³/mol. The molecule has 0 fully saturated rings. The van der Waals surface area contributed by atoms with Gasteiger partial charge in [0.25, 0.3) is 0 Å². The second-order valence-electron chi connectivity index (χ2n) is 15.7. The summed E-state index contributed by atoms with van der Waals surface area (Å²) in [6.45, 7) is 4.82. The molecule has 9 heteroatoms. The smallest absolute Gasteiger partial charge is 0.391 e. The fourth-order valence-corrected chi connectivity index (χ4v) is 6.84. The third-order valence-electron chi connectivity index (χ3n) is 9.49. The number of amides is 1. The number of quaternary nitrogens is 1. The fourth-order valence-electron chi connectivity index (χ4n) is 6.11. The number of nitrogens with zero attached hydrogens (tertiary/aromatic N) is 1. The lowest BCUT2D eigenvalue weighted by molar-refractivity contribution is -0.870. The Bertz CT molecular complexity index is 834. The molecule has 0 aliphatic carbocycles. The Morgan fingerprint density at radius 1 is 0.660 bits per heavy atom. The fraction of sp³-hybridized carbons (Fsp3) is 0.927. The molecule has 0 rings (SSSR count). The second kappa shape index (κ2) is 34.0. The van der Waals surface area contributed by atoms with Gasteiger partial charge in [-0.15, -0.1) is 0 Å². The van der Waals surface area contributed by atoms with E-state index in [0.29, 0.717) is 23.9 Å². The predicted octanol–water partition coefficient (Wildman–Crippen LogP) is 11.2. The molecule has 298 valence electrons. The maximum Gasteiger partial charge on any atom is 0.472 e. The van der Waals surface area contributed by atoms with Crippen molar-refractivity contribution in [2.75, 3.05) is 40.9 Å². The van der Waals surface area contributed by atoms with E-state index in [1.807, 2.05) is 21.1 Å².